The minimum atomic E-state index is -1.25. The zero-order chi connectivity index (χ0) is 31.6. The molecule has 0 saturated carbocycles. The van der Waals surface area contributed by atoms with E-state index in [4.69, 9.17) is 15.2 Å². The van der Waals surface area contributed by atoms with Crippen LogP contribution in [0.25, 0.3) is 11.0 Å². The van der Waals surface area contributed by atoms with E-state index in [2.05, 4.69) is 20.0 Å². The molecule has 1 aromatic heterocycles. The molecule has 0 saturated heterocycles. The Kier molecular flexibility index (Phi) is 11.5. The summed E-state index contributed by atoms with van der Waals surface area (Å²) in [5, 5.41) is 13.0. The lowest BCUT2D eigenvalue weighted by Crippen LogP contribution is -2.48. The molecule has 0 aliphatic heterocycles. The third kappa shape index (κ3) is 10.9. The van der Waals surface area contributed by atoms with Crippen LogP contribution in [0.4, 0.5) is 9.18 Å². The molecule has 2 amide bonds. The summed E-state index contributed by atoms with van der Waals surface area (Å²) in [5.74, 6) is -3.51. The number of aliphatic hydroxyl groups is 1. The number of ether oxygens (including phenoxy) is 3. The van der Waals surface area contributed by atoms with Gasteiger partial charge in [-0.15, -0.1) is 0 Å². The number of nitrogens with one attached hydrogen (secondary N) is 1. The van der Waals surface area contributed by atoms with E-state index < -0.39 is 60.2 Å². The lowest BCUT2D eigenvalue weighted by Gasteiger charge is -2.30. The van der Waals surface area contributed by atoms with Crippen LogP contribution in [0.1, 0.15) is 56.1 Å². The van der Waals surface area contributed by atoms with E-state index in [-0.39, 0.29) is 31.4 Å². The summed E-state index contributed by atoms with van der Waals surface area (Å²) < 4.78 is 29.1. The first-order valence-electron chi connectivity index (χ1n) is 13.6. The number of aromatic nitrogens is 2. The fraction of sp³-hybridized carbons (Fsp3) is 0.400. The van der Waals surface area contributed by atoms with Gasteiger partial charge in [0, 0.05) is 12.8 Å². The van der Waals surface area contributed by atoms with Gasteiger partial charge in [-0.1, -0.05) is 24.3 Å². The van der Waals surface area contributed by atoms with Gasteiger partial charge < -0.3 is 30.4 Å². The van der Waals surface area contributed by atoms with Crippen LogP contribution in [0.3, 0.4) is 0 Å². The quantitative estimate of drug-likeness (QED) is 0.184. The molecule has 0 aliphatic carbocycles. The number of amides is 2. The number of primary amides is 1. The van der Waals surface area contributed by atoms with Crippen molar-refractivity contribution in [2.75, 3.05) is 6.79 Å². The van der Waals surface area contributed by atoms with Crippen molar-refractivity contribution < 1.29 is 42.9 Å². The Labute approximate surface area is 247 Å². The highest BCUT2D eigenvalue weighted by Gasteiger charge is 2.34. The Morgan fingerprint density at radius 2 is 1.79 bits per heavy atom. The number of halogens is 1. The molecule has 0 spiro atoms. The number of hydrogen-bond acceptors (Lipinski definition) is 10. The molecule has 0 bridgehead atoms. The number of fused-ring (bicyclic) bond motifs is 1. The number of nitrogens with two attached hydrogens (primary N) is 1. The maximum atomic E-state index is 14.1. The van der Waals surface area contributed by atoms with Crippen LogP contribution in [0.15, 0.2) is 54.7 Å². The van der Waals surface area contributed by atoms with Crippen LogP contribution in [0.5, 0.6) is 0 Å². The molecule has 0 radical (unpaired) electrons. The van der Waals surface area contributed by atoms with Crippen molar-refractivity contribution in [1.82, 2.24) is 15.3 Å². The second-order valence-electron chi connectivity index (χ2n) is 10.6. The Morgan fingerprint density at radius 1 is 1.07 bits per heavy atom. The summed E-state index contributed by atoms with van der Waals surface area (Å²) in [7, 11) is 0. The Hall–Kier alpha value is -4.65. The van der Waals surface area contributed by atoms with E-state index in [1.54, 1.807) is 44.2 Å². The van der Waals surface area contributed by atoms with Gasteiger partial charge in [0.1, 0.15) is 17.6 Å². The number of nitrogens with zero attached hydrogens (tertiary/aromatic N) is 2. The van der Waals surface area contributed by atoms with E-state index >= 15 is 0 Å². The van der Waals surface area contributed by atoms with Gasteiger partial charge in [0.25, 0.3) is 5.91 Å². The number of rotatable bonds is 14. The standard InChI is InChI=1S/C30H35FN4O8/c1-18(36)41-17-42-29(39)43-26(15-20(27(32)37)11-12-30(2,3)40)24(14-19-7-6-8-21(31)13-19)35-28(38)25-16-33-22-9-4-5-10-23(22)34-25/h4-10,13,16,20,24,26,40H,11-12,14-15,17H2,1-3H3,(H2,32,37)(H,35,38). The average Bonchev–Trinajstić information content (AvgIpc) is 2.93. The Bertz CT molecular complexity index is 1440. The van der Waals surface area contributed by atoms with Crippen molar-refractivity contribution in [2.45, 2.75) is 64.2 Å². The average molecular weight is 599 g/mol. The van der Waals surface area contributed by atoms with E-state index in [1.807, 2.05) is 0 Å². The predicted molar refractivity (Wildman–Crippen MR) is 152 cm³/mol. The molecule has 2 aromatic carbocycles. The van der Waals surface area contributed by atoms with Crippen molar-refractivity contribution in [3.63, 3.8) is 0 Å². The third-order valence-corrected chi connectivity index (χ3v) is 6.50. The first-order chi connectivity index (χ1) is 20.3. The normalized spacial score (nSPS) is 13.4. The van der Waals surface area contributed by atoms with E-state index in [0.717, 1.165) is 6.92 Å². The summed E-state index contributed by atoms with van der Waals surface area (Å²) in [6, 6.07) is 11.5. The highest BCUT2D eigenvalue weighted by Crippen LogP contribution is 2.24. The molecule has 13 heteroatoms. The molecule has 12 nitrogen and oxygen atoms in total. The van der Waals surface area contributed by atoms with E-state index in [1.165, 1.54) is 24.4 Å². The monoisotopic (exact) mass is 598 g/mol. The van der Waals surface area contributed by atoms with Crippen molar-refractivity contribution in [2.24, 2.45) is 11.7 Å². The molecule has 3 rings (SSSR count). The fourth-order valence-corrected chi connectivity index (χ4v) is 4.30. The maximum Gasteiger partial charge on any atom is 0.511 e. The van der Waals surface area contributed by atoms with Crippen molar-refractivity contribution in [3.8, 4) is 0 Å². The zero-order valence-corrected chi connectivity index (χ0v) is 24.1. The Morgan fingerprint density at radius 3 is 2.44 bits per heavy atom. The first-order valence-corrected chi connectivity index (χ1v) is 13.6. The fourth-order valence-electron chi connectivity index (χ4n) is 4.30. The smallest absolute Gasteiger partial charge is 0.429 e. The summed E-state index contributed by atoms with van der Waals surface area (Å²) in [5.41, 5.74) is 6.01. The highest BCUT2D eigenvalue weighted by molar-refractivity contribution is 5.94. The molecule has 4 N–H and O–H groups in total. The molecule has 43 heavy (non-hydrogen) atoms. The molecule has 230 valence electrons. The number of benzene rings is 2. The molecule has 3 unspecified atom stereocenters. The van der Waals surface area contributed by atoms with Crippen LogP contribution in [-0.4, -0.2) is 63.6 Å². The number of carbonyl (C=O) groups is 4. The molecule has 1 heterocycles. The number of para-hydroxylation sites is 2. The van der Waals surface area contributed by atoms with E-state index in [9.17, 15) is 28.7 Å². The van der Waals surface area contributed by atoms with Gasteiger partial charge in [-0.25, -0.2) is 14.2 Å². The van der Waals surface area contributed by atoms with Crippen LogP contribution in [0, 0.1) is 11.7 Å². The van der Waals surface area contributed by atoms with E-state index in [0.29, 0.717) is 16.6 Å². The predicted octanol–water partition coefficient (Wildman–Crippen LogP) is 3.20. The summed E-state index contributed by atoms with van der Waals surface area (Å²) in [4.78, 5) is 58.2. The van der Waals surface area contributed by atoms with Gasteiger partial charge in [0.15, 0.2) is 0 Å². The Balaban J connectivity index is 1.96. The minimum absolute atomic E-state index is 0.0346. The second-order valence-corrected chi connectivity index (χ2v) is 10.6. The molecule has 3 aromatic rings. The summed E-state index contributed by atoms with van der Waals surface area (Å²) >= 11 is 0. The number of hydrogen-bond donors (Lipinski definition) is 3. The van der Waals surface area contributed by atoms with Crippen LogP contribution < -0.4 is 11.1 Å². The highest BCUT2D eigenvalue weighted by atomic mass is 19.1. The van der Waals surface area contributed by atoms with Gasteiger partial charge in [-0.05, 0) is 69.4 Å². The molecule has 0 aliphatic rings. The van der Waals surface area contributed by atoms with Gasteiger partial charge in [0.2, 0.25) is 12.7 Å². The number of esters is 1. The number of carbonyl (C=O) groups excluding carboxylic acids is 4. The molecular weight excluding hydrogens is 563 g/mol. The van der Waals surface area contributed by atoms with Crippen molar-refractivity contribution >= 4 is 35.0 Å². The first kappa shape index (κ1) is 32.9. The largest absolute Gasteiger partial charge is 0.511 e. The second kappa shape index (κ2) is 15.0. The van der Waals surface area contributed by atoms with Crippen molar-refractivity contribution in [3.05, 3.63) is 71.8 Å². The van der Waals surface area contributed by atoms with Gasteiger partial charge in [-0.2, -0.15) is 0 Å². The lowest BCUT2D eigenvalue weighted by atomic mass is 9.87. The van der Waals surface area contributed by atoms with Crippen molar-refractivity contribution in [1.29, 1.82) is 0 Å². The minimum Gasteiger partial charge on any atom is -0.429 e. The van der Waals surface area contributed by atoms with Crippen LogP contribution in [0.2, 0.25) is 0 Å². The van der Waals surface area contributed by atoms with Crippen LogP contribution in [-0.2, 0) is 30.2 Å². The lowest BCUT2D eigenvalue weighted by molar-refractivity contribution is -0.151. The third-order valence-electron chi connectivity index (χ3n) is 6.50. The molecular formula is C30H35FN4O8. The zero-order valence-electron chi connectivity index (χ0n) is 24.1. The molecule has 3 atom stereocenters. The SMILES string of the molecule is CC(=O)OCOC(=O)OC(CC(CCC(C)(C)O)C(N)=O)C(Cc1cccc(F)c1)NC(=O)c1cnc2ccccc2n1. The summed E-state index contributed by atoms with van der Waals surface area (Å²) in [6.07, 6.45) is -1.10. The van der Waals surface area contributed by atoms with Crippen LogP contribution >= 0.6 is 0 Å². The maximum absolute atomic E-state index is 14.1. The summed E-state index contributed by atoms with van der Waals surface area (Å²) in [6.45, 7) is 3.54. The van der Waals surface area contributed by atoms with Gasteiger partial charge in [-0.3, -0.25) is 19.4 Å². The molecule has 0 fully saturated rings. The topological polar surface area (TPSA) is 180 Å². The van der Waals surface area contributed by atoms with Gasteiger partial charge in [0.05, 0.1) is 28.9 Å². The van der Waals surface area contributed by atoms with Gasteiger partial charge >= 0.3 is 12.1 Å².